The summed E-state index contributed by atoms with van der Waals surface area (Å²) in [6.45, 7) is 16.9. The molecule has 0 heterocycles. The molecule has 1 radical (unpaired) electrons. The normalized spacial score (nSPS) is 13.6. The van der Waals surface area contributed by atoms with Gasteiger partial charge in [0.15, 0.2) is 8.32 Å². The molecule has 0 amide bonds. The molecule has 0 aromatic heterocycles. The second-order valence-corrected chi connectivity index (χ2v) is 12.3. The molecule has 0 saturated carbocycles. The minimum absolute atomic E-state index is 0.129. The van der Waals surface area contributed by atoms with Crippen molar-refractivity contribution in [2.45, 2.75) is 64.6 Å². The van der Waals surface area contributed by atoms with Gasteiger partial charge in [-0.3, -0.25) is 0 Å². The Balaban J connectivity index is 2.58. The van der Waals surface area contributed by atoms with Gasteiger partial charge in [-0.15, -0.1) is 0 Å². The molecular weight excluding hydrogens is 248 g/mol. The van der Waals surface area contributed by atoms with E-state index < -0.39 is 8.32 Å². The van der Waals surface area contributed by atoms with Gasteiger partial charge >= 0.3 is 0 Å². The van der Waals surface area contributed by atoms with Crippen LogP contribution in [0, 0.1) is 6.07 Å². The zero-order valence-corrected chi connectivity index (χ0v) is 14.6. The van der Waals surface area contributed by atoms with E-state index in [-0.39, 0.29) is 10.5 Å². The van der Waals surface area contributed by atoms with Crippen LogP contribution in [0.1, 0.15) is 46.6 Å². The van der Waals surface area contributed by atoms with Crippen molar-refractivity contribution < 1.29 is 4.43 Å². The van der Waals surface area contributed by atoms with Gasteiger partial charge < -0.3 is 4.43 Å². The van der Waals surface area contributed by atoms with Crippen molar-refractivity contribution in [3.8, 4) is 0 Å². The van der Waals surface area contributed by atoms with Crippen molar-refractivity contribution in [2.75, 3.05) is 6.61 Å². The second kappa shape index (κ2) is 5.80. The van der Waals surface area contributed by atoms with E-state index >= 15 is 0 Å². The third-order valence-corrected chi connectivity index (χ3v) is 8.97. The average molecular weight is 278 g/mol. The molecule has 0 fully saturated rings. The number of rotatable bonds is 5. The molecule has 0 atom stereocenters. The maximum atomic E-state index is 6.28. The molecule has 19 heavy (non-hydrogen) atoms. The van der Waals surface area contributed by atoms with Crippen LogP contribution in [0.2, 0.25) is 18.1 Å². The van der Waals surface area contributed by atoms with Gasteiger partial charge in [-0.05, 0) is 41.6 Å². The van der Waals surface area contributed by atoms with Gasteiger partial charge in [-0.25, -0.2) is 0 Å². The first-order valence-electron chi connectivity index (χ1n) is 7.17. The molecule has 0 aliphatic heterocycles. The van der Waals surface area contributed by atoms with E-state index in [2.05, 4.69) is 65.9 Å². The standard InChI is InChI=1S/C17H29OSi/c1-16(2,3)19(6,7)18-14-13-17(4,5)15-11-9-8-10-12-15/h8-11H,13-14H2,1-7H3. The molecule has 0 N–H and O–H groups in total. The van der Waals surface area contributed by atoms with Crippen molar-refractivity contribution in [1.82, 2.24) is 0 Å². The zero-order valence-electron chi connectivity index (χ0n) is 13.6. The third-order valence-electron chi connectivity index (χ3n) is 4.43. The van der Waals surface area contributed by atoms with Gasteiger partial charge in [0, 0.05) is 6.61 Å². The Morgan fingerprint density at radius 1 is 1.11 bits per heavy atom. The second-order valence-electron chi connectivity index (χ2n) is 7.52. The van der Waals surface area contributed by atoms with Crippen LogP contribution < -0.4 is 0 Å². The maximum Gasteiger partial charge on any atom is 0.191 e. The molecule has 1 rings (SSSR count). The van der Waals surface area contributed by atoms with Gasteiger partial charge in [0.05, 0.1) is 0 Å². The topological polar surface area (TPSA) is 9.23 Å². The summed E-state index contributed by atoms with van der Waals surface area (Å²) in [5.41, 5.74) is 1.40. The highest BCUT2D eigenvalue weighted by Crippen LogP contribution is 2.37. The van der Waals surface area contributed by atoms with Gasteiger partial charge in [-0.1, -0.05) is 58.9 Å². The summed E-state index contributed by atoms with van der Waals surface area (Å²) < 4.78 is 6.28. The molecule has 0 unspecified atom stereocenters. The van der Waals surface area contributed by atoms with E-state index in [1.807, 2.05) is 12.1 Å². The van der Waals surface area contributed by atoms with Crippen LogP contribution in [0.15, 0.2) is 24.3 Å². The number of benzene rings is 1. The van der Waals surface area contributed by atoms with Crippen LogP contribution in [-0.4, -0.2) is 14.9 Å². The molecule has 1 aromatic rings. The lowest BCUT2D eigenvalue weighted by Crippen LogP contribution is -2.41. The predicted octanol–water partition coefficient (Wildman–Crippen LogP) is 5.18. The van der Waals surface area contributed by atoms with Crippen LogP contribution in [0.5, 0.6) is 0 Å². The Bertz CT molecular complexity index is 387. The highest BCUT2D eigenvalue weighted by Gasteiger charge is 2.37. The van der Waals surface area contributed by atoms with Gasteiger partial charge in [0.1, 0.15) is 0 Å². The minimum atomic E-state index is -1.62. The molecule has 0 aliphatic rings. The summed E-state index contributed by atoms with van der Waals surface area (Å²) >= 11 is 0. The SMILES string of the molecule is CC(C)(CCO[Si](C)(C)C(C)(C)C)c1[c]cccc1. The van der Waals surface area contributed by atoms with Crippen molar-refractivity contribution >= 4 is 8.32 Å². The van der Waals surface area contributed by atoms with Gasteiger partial charge in [0.2, 0.25) is 0 Å². The largest absolute Gasteiger partial charge is 0.417 e. The Morgan fingerprint density at radius 2 is 1.74 bits per heavy atom. The van der Waals surface area contributed by atoms with E-state index in [0.29, 0.717) is 0 Å². The number of hydrogen-bond acceptors (Lipinski definition) is 1. The van der Waals surface area contributed by atoms with Crippen LogP contribution in [0.25, 0.3) is 0 Å². The van der Waals surface area contributed by atoms with Crippen molar-refractivity contribution in [3.63, 3.8) is 0 Å². The van der Waals surface area contributed by atoms with E-state index in [0.717, 1.165) is 13.0 Å². The van der Waals surface area contributed by atoms with Crippen LogP contribution >= 0.6 is 0 Å². The van der Waals surface area contributed by atoms with E-state index in [1.165, 1.54) is 5.56 Å². The predicted molar refractivity (Wildman–Crippen MR) is 86.1 cm³/mol. The van der Waals surface area contributed by atoms with Crippen LogP contribution in [0.4, 0.5) is 0 Å². The fraction of sp³-hybridized carbons (Fsp3) is 0.647. The van der Waals surface area contributed by atoms with Gasteiger partial charge in [-0.2, -0.15) is 0 Å². The summed E-state index contributed by atoms with van der Waals surface area (Å²) in [5, 5.41) is 0.288. The van der Waals surface area contributed by atoms with E-state index in [1.54, 1.807) is 0 Å². The van der Waals surface area contributed by atoms with E-state index in [4.69, 9.17) is 4.43 Å². The Morgan fingerprint density at radius 3 is 2.21 bits per heavy atom. The summed E-state index contributed by atoms with van der Waals surface area (Å²) in [6, 6.07) is 11.6. The fourth-order valence-corrected chi connectivity index (χ4v) is 2.77. The highest BCUT2D eigenvalue weighted by molar-refractivity contribution is 6.74. The molecule has 2 heteroatoms. The first-order chi connectivity index (χ1) is 8.56. The Labute approximate surface area is 120 Å². The fourth-order valence-electron chi connectivity index (χ4n) is 1.73. The van der Waals surface area contributed by atoms with Crippen LogP contribution in [-0.2, 0) is 9.84 Å². The molecule has 0 spiro atoms. The number of hydrogen-bond donors (Lipinski definition) is 0. The van der Waals surface area contributed by atoms with Crippen LogP contribution in [0.3, 0.4) is 0 Å². The molecular formula is C17H29OSi. The minimum Gasteiger partial charge on any atom is -0.417 e. The lowest BCUT2D eigenvalue weighted by atomic mass is 9.82. The van der Waals surface area contributed by atoms with E-state index in [9.17, 15) is 0 Å². The Hall–Kier alpha value is -0.603. The molecule has 1 nitrogen and oxygen atoms in total. The monoisotopic (exact) mass is 277 g/mol. The summed E-state index contributed by atoms with van der Waals surface area (Å²) in [5.74, 6) is 0. The first kappa shape index (κ1) is 16.5. The lowest BCUT2D eigenvalue weighted by Gasteiger charge is -2.37. The smallest absolute Gasteiger partial charge is 0.191 e. The third kappa shape index (κ3) is 4.46. The first-order valence-corrected chi connectivity index (χ1v) is 10.1. The van der Waals surface area contributed by atoms with Crippen molar-refractivity contribution in [2.24, 2.45) is 0 Å². The highest BCUT2D eigenvalue weighted by atomic mass is 28.4. The molecule has 1 aromatic carbocycles. The summed E-state index contributed by atoms with van der Waals surface area (Å²) in [7, 11) is -1.62. The quantitative estimate of drug-likeness (QED) is 0.674. The summed E-state index contributed by atoms with van der Waals surface area (Å²) in [4.78, 5) is 0. The summed E-state index contributed by atoms with van der Waals surface area (Å²) in [6.07, 6.45) is 1.04. The lowest BCUT2D eigenvalue weighted by molar-refractivity contribution is 0.251. The molecule has 107 valence electrons. The molecule has 0 saturated heterocycles. The van der Waals surface area contributed by atoms with Crippen molar-refractivity contribution in [3.05, 3.63) is 35.9 Å². The van der Waals surface area contributed by atoms with Gasteiger partial charge in [0.25, 0.3) is 0 Å². The maximum absolute atomic E-state index is 6.28. The molecule has 0 aliphatic carbocycles. The molecule has 0 bridgehead atoms. The average Bonchev–Trinajstić information content (AvgIpc) is 2.28. The van der Waals surface area contributed by atoms with Crippen molar-refractivity contribution in [1.29, 1.82) is 0 Å². The zero-order chi connectivity index (χ0) is 14.7. The Kier molecular flexibility index (Phi) is 5.02.